The van der Waals surface area contributed by atoms with Crippen molar-refractivity contribution in [2.75, 3.05) is 44.6 Å². The highest BCUT2D eigenvalue weighted by molar-refractivity contribution is 5.34. The smallest absolute Gasteiger partial charge is 0.125 e. The van der Waals surface area contributed by atoms with Crippen LogP contribution >= 0.6 is 0 Å². The van der Waals surface area contributed by atoms with Crippen molar-refractivity contribution in [1.29, 1.82) is 0 Å². The highest BCUT2D eigenvalue weighted by atomic mass is 15.2. The molecular weight excluding hydrogens is 212 g/mol. The Morgan fingerprint density at radius 1 is 1.35 bits per heavy atom. The largest absolute Gasteiger partial charge is 0.370 e. The standard InChI is InChI=1S/C13H22N4/c1-12-3-4-13(16-11-12)15-5-2-8-17-9-6-14-7-10-17/h3-4,11,14H,2,5-10H2,1H3,(H,15,16). The van der Waals surface area contributed by atoms with Crippen molar-refractivity contribution in [2.45, 2.75) is 13.3 Å². The molecule has 0 amide bonds. The first-order chi connectivity index (χ1) is 8.34. The second kappa shape index (κ2) is 6.57. The Bertz CT molecular complexity index is 317. The molecule has 1 aromatic heterocycles. The predicted molar refractivity (Wildman–Crippen MR) is 71.4 cm³/mol. The van der Waals surface area contributed by atoms with Crippen molar-refractivity contribution in [2.24, 2.45) is 0 Å². The number of nitrogens with zero attached hydrogens (tertiary/aromatic N) is 2. The SMILES string of the molecule is Cc1ccc(NCCCN2CCNCC2)nc1. The van der Waals surface area contributed by atoms with Crippen molar-refractivity contribution in [3.63, 3.8) is 0 Å². The minimum absolute atomic E-state index is 0.982. The van der Waals surface area contributed by atoms with Gasteiger partial charge in [-0.25, -0.2) is 4.98 Å². The van der Waals surface area contributed by atoms with Crippen LogP contribution in [0.3, 0.4) is 0 Å². The zero-order valence-corrected chi connectivity index (χ0v) is 10.6. The zero-order chi connectivity index (χ0) is 11.9. The first-order valence-corrected chi connectivity index (χ1v) is 6.44. The van der Waals surface area contributed by atoms with E-state index in [4.69, 9.17) is 0 Å². The van der Waals surface area contributed by atoms with Gasteiger partial charge in [0.1, 0.15) is 5.82 Å². The molecule has 1 aliphatic heterocycles. The molecule has 0 radical (unpaired) electrons. The molecule has 4 heteroatoms. The van der Waals surface area contributed by atoms with Crippen LogP contribution in [0.2, 0.25) is 0 Å². The lowest BCUT2D eigenvalue weighted by molar-refractivity contribution is 0.240. The van der Waals surface area contributed by atoms with Crippen molar-refractivity contribution in [3.05, 3.63) is 23.9 Å². The van der Waals surface area contributed by atoms with Crippen LogP contribution in [0.4, 0.5) is 5.82 Å². The Labute approximate surface area is 103 Å². The summed E-state index contributed by atoms with van der Waals surface area (Å²) in [5, 5.41) is 6.73. The highest BCUT2D eigenvalue weighted by Crippen LogP contribution is 2.03. The Kier molecular flexibility index (Phi) is 4.76. The van der Waals surface area contributed by atoms with E-state index in [1.165, 1.54) is 31.6 Å². The van der Waals surface area contributed by atoms with Crippen LogP contribution in [0.15, 0.2) is 18.3 Å². The lowest BCUT2D eigenvalue weighted by Gasteiger charge is -2.27. The van der Waals surface area contributed by atoms with Gasteiger partial charge >= 0.3 is 0 Å². The van der Waals surface area contributed by atoms with Gasteiger partial charge in [-0.15, -0.1) is 0 Å². The second-order valence-corrected chi connectivity index (χ2v) is 4.59. The van der Waals surface area contributed by atoms with Crippen molar-refractivity contribution in [1.82, 2.24) is 15.2 Å². The van der Waals surface area contributed by atoms with E-state index in [0.717, 1.165) is 25.5 Å². The predicted octanol–water partition coefficient (Wildman–Crippen LogP) is 1.10. The third-order valence-corrected chi connectivity index (χ3v) is 3.08. The van der Waals surface area contributed by atoms with Crippen LogP contribution in [0.1, 0.15) is 12.0 Å². The monoisotopic (exact) mass is 234 g/mol. The molecule has 1 aliphatic rings. The summed E-state index contributed by atoms with van der Waals surface area (Å²) in [6.45, 7) is 8.87. The van der Waals surface area contributed by atoms with Gasteiger partial charge in [-0.05, 0) is 31.5 Å². The van der Waals surface area contributed by atoms with E-state index < -0.39 is 0 Å². The average Bonchev–Trinajstić information content (AvgIpc) is 2.38. The fourth-order valence-electron chi connectivity index (χ4n) is 2.03. The summed E-state index contributed by atoms with van der Waals surface area (Å²) >= 11 is 0. The maximum absolute atomic E-state index is 4.33. The Morgan fingerprint density at radius 2 is 2.18 bits per heavy atom. The van der Waals surface area contributed by atoms with Gasteiger partial charge < -0.3 is 15.5 Å². The fraction of sp³-hybridized carbons (Fsp3) is 0.615. The van der Waals surface area contributed by atoms with Crippen LogP contribution < -0.4 is 10.6 Å². The average molecular weight is 234 g/mol. The molecule has 1 fully saturated rings. The molecule has 0 aliphatic carbocycles. The van der Waals surface area contributed by atoms with E-state index in [1.54, 1.807) is 0 Å². The Morgan fingerprint density at radius 3 is 2.88 bits per heavy atom. The molecule has 0 saturated carbocycles. The van der Waals surface area contributed by atoms with Crippen molar-refractivity contribution in [3.8, 4) is 0 Å². The number of aryl methyl sites for hydroxylation is 1. The summed E-state index contributed by atoms with van der Waals surface area (Å²) in [4.78, 5) is 6.84. The van der Waals surface area contributed by atoms with Gasteiger partial charge in [0.2, 0.25) is 0 Å². The number of hydrogen-bond donors (Lipinski definition) is 2. The third kappa shape index (κ3) is 4.32. The number of hydrogen-bond acceptors (Lipinski definition) is 4. The summed E-state index contributed by atoms with van der Waals surface area (Å²) in [6, 6.07) is 4.13. The number of rotatable bonds is 5. The summed E-state index contributed by atoms with van der Waals surface area (Å²) < 4.78 is 0. The molecule has 1 saturated heterocycles. The second-order valence-electron chi connectivity index (χ2n) is 4.59. The fourth-order valence-corrected chi connectivity index (χ4v) is 2.03. The number of aromatic nitrogens is 1. The van der Waals surface area contributed by atoms with Gasteiger partial charge in [-0.3, -0.25) is 0 Å². The van der Waals surface area contributed by atoms with Gasteiger partial charge in [-0.2, -0.15) is 0 Å². The zero-order valence-electron chi connectivity index (χ0n) is 10.6. The maximum Gasteiger partial charge on any atom is 0.125 e. The normalized spacial score (nSPS) is 17.0. The van der Waals surface area contributed by atoms with Crippen molar-refractivity contribution >= 4 is 5.82 Å². The lowest BCUT2D eigenvalue weighted by atomic mass is 10.3. The molecule has 0 aromatic carbocycles. The van der Waals surface area contributed by atoms with Crippen LogP contribution in [-0.4, -0.2) is 49.2 Å². The van der Waals surface area contributed by atoms with E-state index in [1.807, 2.05) is 12.3 Å². The molecule has 94 valence electrons. The van der Waals surface area contributed by atoms with E-state index >= 15 is 0 Å². The molecule has 0 atom stereocenters. The number of anilines is 1. The molecule has 2 heterocycles. The van der Waals surface area contributed by atoms with Gasteiger partial charge in [0, 0.05) is 38.9 Å². The minimum atomic E-state index is 0.982. The topological polar surface area (TPSA) is 40.2 Å². The van der Waals surface area contributed by atoms with Crippen LogP contribution in [0, 0.1) is 6.92 Å². The lowest BCUT2D eigenvalue weighted by Crippen LogP contribution is -2.44. The summed E-state index contributed by atoms with van der Waals surface area (Å²) in [7, 11) is 0. The van der Waals surface area contributed by atoms with Crippen LogP contribution in [0.5, 0.6) is 0 Å². The van der Waals surface area contributed by atoms with E-state index in [9.17, 15) is 0 Å². The van der Waals surface area contributed by atoms with Crippen LogP contribution in [-0.2, 0) is 0 Å². The number of piperazine rings is 1. The first kappa shape index (κ1) is 12.3. The van der Waals surface area contributed by atoms with E-state index in [-0.39, 0.29) is 0 Å². The van der Waals surface area contributed by atoms with Gasteiger partial charge in [-0.1, -0.05) is 6.07 Å². The molecule has 17 heavy (non-hydrogen) atoms. The highest BCUT2D eigenvalue weighted by Gasteiger charge is 2.07. The molecular formula is C13H22N4. The first-order valence-electron chi connectivity index (χ1n) is 6.44. The minimum Gasteiger partial charge on any atom is -0.370 e. The van der Waals surface area contributed by atoms with E-state index in [0.29, 0.717) is 0 Å². The third-order valence-electron chi connectivity index (χ3n) is 3.08. The summed E-state index contributed by atoms with van der Waals surface area (Å²) in [5.41, 5.74) is 1.20. The maximum atomic E-state index is 4.33. The summed E-state index contributed by atoms with van der Waals surface area (Å²) in [5.74, 6) is 0.982. The quantitative estimate of drug-likeness (QED) is 0.749. The molecule has 2 rings (SSSR count). The van der Waals surface area contributed by atoms with Gasteiger partial charge in [0.15, 0.2) is 0 Å². The van der Waals surface area contributed by atoms with E-state index in [2.05, 4.69) is 33.5 Å². The molecule has 4 nitrogen and oxygen atoms in total. The number of pyridine rings is 1. The van der Waals surface area contributed by atoms with Gasteiger partial charge in [0.05, 0.1) is 0 Å². The van der Waals surface area contributed by atoms with Crippen LogP contribution in [0.25, 0.3) is 0 Å². The molecule has 0 unspecified atom stereocenters. The number of nitrogens with one attached hydrogen (secondary N) is 2. The molecule has 2 N–H and O–H groups in total. The van der Waals surface area contributed by atoms with Gasteiger partial charge in [0.25, 0.3) is 0 Å². The van der Waals surface area contributed by atoms with Crippen molar-refractivity contribution < 1.29 is 0 Å². The Balaban J connectivity index is 1.60. The molecule has 0 spiro atoms. The molecule has 1 aromatic rings. The Hall–Kier alpha value is -1.13. The molecule has 0 bridgehead atoms. The summed E-state index contributed by atoms with van der Waals surface area (Å²) in [6.07, 6.45) is 3.08.